The summed E-state index contributed by atoms with van der Waals surface area (Å²) >= 11 is 0. The average Bonchev–Trinajstić information content (AvgIpc) is 2.46. The number of ether oxygens (including phenoxy) is 1. The maximum atomic E-state index is 13.3. The van der Waals surface area contributed by atoms with E-state index in [1.54, 1.807) is 0 Å². The molecule has 1 aromatic rings. The normalized spacial score (nSPS) is 11.2. The van der Waals surface area contributed by atoms with E-state index < -0.39 is 34.8 Å². The molecule has 0 aliphatic heterocycles. The van der Waals surface area contributed by atoms with Crippen molar-refractivity contribution in [2.45, 2.75) is 32.7 Å². The topological polar surface area (TPSA) is 21.3 Å². The largest absolute Gasteiger partial charge is 0.486 e. The van der Waals surface area contributed by atoms with Crippen LogP contribution in [0, 0.1) is 29.1 Å². The van der Waals surface area contributed by atoms with Gasteiger partial charge in [-0.15, -0.1) is 0 Å². The quantitative estimate of drug-likeness (QED) is 0.360. The van der Waals surface area contributed by atoms with E-state index in [1.807, 2.05) is 13.8 Å². The van der Waals surface area contributed by atoms with Gasteiger partial charge in [0.2, 0.25) is 29.1 Å². The van der Waals surface area contributed by atoms with Crippen LogP contribution < -0.4 is 10.1 Å². The summed E-state index contributed by atoms with van der Waals surface area (Å²) in [6, 6.07) is 0.218. The van der Waals surface area contributed by atoms with Gasteiger partial charge in [-0.25, -0.2) is 13.2 Å². The molecule has 0 bridgehead atoms. The summed E-state index contributed by atoms with van der Waals surface area (Å²) in [5.74, 6) is -11.4. The predicted molar refractivity (Wildman–Crippen MR) is 64.1 cm³/mol. The number of benzene rings is 1. The summed E-state index contributed by atoms with van der Waals surface area (Å²) in [6.45, 7) is 3.97. The van der Waals surface area contributed by atoms with Gasteiger partial charge in [-0.2, -0.15) is 8.78 Å². The highest BCUT2D eigenvalue weighted by atomic mass is 19.2. The van der Waals surface area contributed by atoms with Gasteiger partial charge in [-0.3, -0.25) is 0 Å². The van der Waals surface area contributed by atoms with Gasteiger partial charge in [-0.05, 0) is 12.8 Å². The summed E-state index contributed by atoms with van der Waals surface area (Å²) in [6.07, 6.45) is 1.72. The van der Waals surface area contributed by atoms with Crippen LogP contribution in [0.3, 0.4) is 0 Å². The lowest BCUT2D eigenvalue weighted by atomic mass is 10.2. The molecule has 1 aromatic carbocycles. The summed E-state index contributed by atoms with van der Waals surface area (Å²) in [4.78, 5) is 0. The van der Waals surface area contributed by atoms with Crippen molar-refractivity contribution >= 4 is 0 Å². The van der Waals surface area contributed by atoms with Crippen molar-refractivity contribution in [2.24, 2.45) is 0 Å². The molecule has 1 rings (SSSR count). The molecule has 0 unspecified atom stereocenters. The highest BCUT2D eigenvalue weighted by Gasteiger charge is 2.26. The van der Waals surface area contributed by atoms with E-state index in [4.69, 9.17) is 0 Å². The monoisotopic (exact) mass is 297 g/mol. The summed E-state index contributed by atoms with van der Waals surface area (Å²) in [7, 11) is 0. The molecule has 7 heteroatoms. The fourth-order valence-electron chi connectivity index (χ4n) is 1.70. The summed E-state index contributed by atoms with van der Waals surface area (Å²) < 4.78 is 69.7. The molecule has 114 valence electrons. The van der Waals surface area contributed by atoms with E-state index in [9.17, 15) is 22.0 Å². The van der Waals surface area contributed by atoms with Gasteiger partial charge in [0.1, 0.15) is 6.61 Å². The standard InChI is InChI=1S/C13H16F5NO/c1-3-7(4-2)19-5-6-20-13-11(17)9(15)8(14)10(16)12(13)18/h7,19H,3-6H2,1-2H3. The van der Waals surface area contributed by atoms with Crippen molar-refractivity contribution < 1.29 is 26.7 Å². The fourth-order valence-corrected chi connectivity index (χ4v) is 1.70. The Hall–Kier alpha value is -1.37. The molecular weight excluding hydrogens is 281 g/mol. The lowest BCUT2D eigenvalue weighted by Crippen LogP contribution is -2.31. The van der Waals surface area contributed by atoms with Crippen molar-refractivity contribution in [3.05, 3.63) is 29.1 Å². The third-order valence-corrected chi connectivity index (χ3v) is 2.94. The Balaban J connectivity index is 2.70. The Morgan fingerprint density at radius 2 is 1.30 bits per heavy atom. The molecule has 1 N–H and O–H groups in total. The van der Waals surface area contributed by atoms with Gasteiger partial charge in [0.15, 0.2) is 5.75 Å². The van der Waals surface area contributed by atoms with Crippen molar-refractivity contribution in [3.8, 4) is 5.75 Å². The lowest BCUT2D eigenvalue weighted by Gasteiger charge is -2.15. The Morgan fingerprint density at radius 3 is 1.75 bits per heavy atom. The zero-order chi connectivity index (χ0) is 15.3. The second-order valence-electron chi connectivity index (χ2n) is 4.22. The maximum absolute atomic E-state index is 13.3. The molecule has 0 radical (unpaired) electrons. The molecule has 0 aliphatic rings. The second kappa shape index (κ2) is 7.42. The van der Waals surface area contributed by atoms with Crippen molar-refractivity contribution in [1.82, 2.24) is 5.32 Å². The van der Waals surface area contributed by atoms with Crippen LogP contribution in [-0.4, -0.2) is 19.2 Å². The van der Waals surface area contributed by atoms with Gasteiger partial charge in [0.25, 0.3) is 0 Å². The number of rotatable bonds is 7. The molecule has 0 saturated carbocycles. The SMILES string of the molecule is CCC(CC)NCCOc1c(F)c(F)c(F)c(F)c1F. The fraction of sp³-hybridized carbons (Fsp3) is 0.538. The molecular formula is C13H16F5NO. The first kappa shape index (κ1) is 16.7. The lowest BCUT2D eigenvalue weighted by molar-refractivity contribution is 0.256. The smallest absolute Gasteiger partial charge is 0.206 e. The Bertz CT molecular complexity index is 434. The Labute approximate surface area is 113 Å². The summed E-state index contributed by atoms with van der Waals surface area (Å²) in [5, 5.41) is 3.04. The molecule has 0 spiro atoms. The highest BCUT2D eigenvalue weighted by molar-refractivity contribution is 5.29. The number of hydrogen-bond acceptors (Lipinski definition) is 2. The average molecular weight is 297 g/mol. The molecule has 0 aromatic heterocycles. The first-order valence-electron chi connectivity index (χ1n) is 6.31. The Morgan fingerprint density at radius 1 is 0.850 bits per heavy atom. The number of nitrogens with one attached hydrogen (secondary N) is 1. The van der Waals surface area contributed by atoms with Crippen molar-refractivity contribution in [2.75, 3.05) is 13.2 Å². The highest BCUT2D eigenvalue weighted by Crippen LogP contribution is 2.28. The minimum absolute atomic E-state index is 0.200. The first-order chi connectivity index (χ1) is 9.43. The maximum Gasteiger partial charge on any atom is 0.206 e. The number of hydrogen-bond donors (Lipinski definition) is 1. The third kappa shape index (κ3) is 3.59. The third-order valence-electron chi connectivity index (χ3n) is 2.94. The van der Waals surface area contributed by atoms with Crippen LogP contribution in [0.25, 0.3) is 0 Å². The number of halogens is 5. The minimum atomic E-state index is -2.19. The van der Waals surface area contributed by atoms with Crippen LogP contribution in [0.15, 0.2) is 0 Å². The molecule has 0 atom stereocenters. The van der Waals surface area contributed by atoms with E-state index in [-0.39, 0.29) is 19.2 Å². The van der Waals surface area contributed by atoms with Crippen LogP contribution in [-0.2, 0) is 0 Å². The van der Waals surface area contributed by atoms with Gasteiger partial charge < -0.3 is 10.1 Å². The Kier molecular flexibility index (Phi) is 6.19. The van der Waals surface area contributed by atoms with Gasteiger partial charge in [0.05, 0.1) is 0 Å². The van der Waals surface area contributed by atoms with E-state index in [0.717, 1.165) is 12.8 Å². The zero-order valence-corrected chi connectivity index (χ0v) is 11.2. The van der Waals surface area contributed by atoms with Crippen LogP contribution in [0.5, 0.6) is 5.75 Å². The first-order valence-corrected chi connectivity index (χ1v) is 6.31. The van der Waals surface area contributed by atoms with Gasteiger partial charge >= 0.3 is 0 Å². The van der Waals surface area contributed by atoms with E-state index in [0.29, 0.717) is 0 Å². The molecule has 0 fully saturated rings. The van der Waals surface area contributed by atoms with Crippen molar-refractivity contribution in [1.29, 1.82) is 0 Å². The minimum Gasteiger partial charge on any atom is -0.486 e. The van der Waals surface area contributed by atoms with Gasteiger partial charge in [0, 0.05) is 12.6 Å². The molecule has 0 amide bonds. The molecule has 20 heavy (non-hydrogen) atoms. The summed E-state index contributed by atoms with van der Waals surface area (Å²) in [5.41, 5.74) is 0. The van der Waals surface area contributed by atoms with Crippen LogP contribution in [0.1, 0.15) is 26.7 Å². The van der Waals surface area contributed by atoms with E-state index in [2.05, 4.69) is 10.1 Å². The van der Waals surface area contributed by atoms with E-state index in [1.165, 1.54) is 0 Å². The molecule has 0 aliphatic carbocycles. The molecule has 0 heterocycles. The van der Waals surface area contributed by atoms with E-state index >= 15 is 0 Å². The van der Waals surface area contributed by atoms with Gasteiger partial charge in [-0.1, -0.05) is 13.8 Å². The van der Waals surface area contributed by atoms with Crippen LogP contribution >= 0.6 is 0 Å². The molecule has 0 saturated heterocycles. The van der Waals surface area contributed by atoms with Crippen LogP contribution in [0.4, 0.5) is 22.0 Å². The molecule has 2 nitrogen and oxygen atoms in total. The zero-order valence-electron chi connectivity index (χ0n) is 11.2. The van der Waals surface area contributed by atoms with Crippen LogP contribution in [0.2, 0.25) is 0 Å². The predicted octanol–water partition coefficient (Wildman–Crippen LogP) is 3.54. The van der Waals surface area contributed by atoms with Crippen molar-refractivity contribution in [3.63, 3.8) is 0 Å². The second-order valence-corrected chi connectivity index (χ2v) is 4.22.